The number of hydrogen-bond acceptors (Lipinski definition) is 12. The Hall–Kier alpha value is -0.220. The molecule has 5 N–H and O–H groups in total. The fraction of sp³-hybridized carbons (Fsp3) is 0.714. The van der Waals surface area contributed by atoms with Gasteiger partial charge in [0, 0.05) is 12.6 Å². The Bertz CT molecular complexity index is 875. The summed E-state index contributed by atoms with van der Waals surface area (Å²) in [5.41, 5.74) is 4.61. The van der Waals surface area contributed by atoms with Gasteiger partial charge in [-0.3, -0.25) is 13.7 Å². The fourth-order valence-corrected chi connectivity index (χ4v) is 3.82. The molecule has 18 heteroatoms. The van der Waals surface area contributed by atoms with Crippen LogP contribution in [0.15, 0.2) is 17.1 Å². The molecule has 1 saturated heterocycles. The number of nitrogens with zero attached hydrogens (tertiary/aromatic N) is 3. The first kappa shape index (κ1) is 31.8. The number of ether oxygens (including phenoxy) is 1. The molecule has 1 fully saturated rings. The smallest absolute Gasteiger partial charge is 0.756 e. The van der Waals surface area contributed by atoms with Gasteiger partial charge in [0.2, 0.25) is 0 Å². The molecule has 1 aromatic rings. The van der Waals surface area contributed by atoms with E-state index in [-0.39, 0.29) is 48.4 Å². The first-order valence-electron chi connectivity index (χ1n) is 8.83. The van der Waals surface area contributed by atoms with Crippen LogP contribution in [0.25, 0.3) is 0 Å². The van der Waals surface area contributed by atoms with Crippen LogP contribution in [0.2, 0.25) is 0 Å². The number of rotatable bonds is 8. The van der Waals surface area contributed by atoms with Crippen molar-refractivity contribution in [2.75, 3.05) is 46.6 Å². The average molecular weight is 512 g/mol. The average Bonchev–Trinajstić information content (AvgIpc) is 2.91. The van der Waals surface area contributed by atoms with E-state index in [1.807, 2.05) is 0 Å². The Morgan fingerprint density at radius 3 is 2.41 bits per heavy atom. The quantitative estimate of drug-likeness (QED) is 0.145. The summed E-state index contributed by atoms with van der Waals surface area (Å²) in [4.78, 5) is 45.1. The number of aliphatic hydroxyl groups is 2. The minimum absolute atomic E-state index is 0. The van der Waals surface area contributed by atoms with Crippen LogP contribution in [-0.4, -0.2) is 82.3 Å². The Kier molecular flexibility index (Phi) is 12.9. The van der Waals surface area contributed by atoms with Crippen molar-refractivity contribution in [1.82, 2.24) is 9.55 Å². The molecule has 0 radical (unpaired) electrons. The first-order valence-corrected chi connectivity index (χ1v) is 11.8. The molecule has 1 aliphatic rings. The van der Waals surface area contributed by atoms with Crippen LogP contribution in [0.1, 0.15) is 12.6 Å². The summed E-state index contributed by atoms with van der Waals surface area (Å²) in [6, 6.07) is 1.33. The number of hydrogen-bond donors (Lipinski definition) is 4. The van der Waals surface area contributed by atoms with E-state index in [1.165, 1.54) is 12.3 Å². The summed E-state index contributed by atoms with van der Waals surface area (Å²) in [7, 11) is -4.76. The van der Waals surface area contributed by atoms with Crippen molar-refractivity contribution < 1.29 is 81.6 Å². The minimum Gasteiger partial charge on any atom is -0.756 e. The van der Waals surface area contributed by atoms with Gasteiger partial charge in [-0.15, -0.1) is 0 Å². The predicted octanol–water partition coefficient (Wildman–Crippen LogP) is -5.87. The van der Waals surface area contributed by atoms with Crippen molar-refractivity contribution in [2.24, 2.45) is 0 Å². The van der Waals surface area contributed by atoms with Crippen LogP contribution in [0, 0.1) is 0 Å². The number of aromatic nitrogens is 2. The number of nitrogen functional groups attached to an aromatic ring is 1. The third-order valence-corrected chi connectivity index (χ3v) is 5.83. The number of likely N-dealkylation sites (N-methyl/N-ethyl adjacent to an activating group) is 1. The molecule has 2 unspecified atom stereocenters. The molecule has 2 heterocycles. The molecule has 5 atom stereocenters. The summed E-state index contributed by atoms with van der Waals surface area (Å²) in [5, 5.41) is 18.2. The van der Waals surface area contributed by atoms with E-state index in [1.54, 1.807) is 0 Å². The normalized spacial score (nSPS) is 24.4. The van der Waals surface area contributed by atoms with Crippen molar-refractivity contribution >= 4 is 21.5 Å². The van der Waals surface area contributed by atoms with Crippen molar-refractivity contribution in [3.8, 4) is 0 Å². The maximum Gasteiger partial charge on any atom is 1.00 e. The van der Waals surface area contributed by atoms with Crippen LogP contribution < -0.4 is 50.8 Å². The third kappa shape index (κ3) is 12.3. The Balaban J connectivity index is 0.00000104. The fourth-order valence-electron chi connectivity index (χ4n) is 2.30. The van der Waals surface area contributed by atoms with E-state index < -0.39 is 46.4 Å². The summed E-state index contributed by atoms with van der Waals surface area (Å²) in [6.07, 6.45) is -2.16. The van der Waals surface area contributed by atoms with E-state index in [2.05, 4.69) is 35.0 Å². The second-order valence-electron chi connectivity index (χ2n) is 7.51. The molecule has 0 saturated carbocycles. The number of phosphoric ester groups is 1. The van der Waals surface area contributed by atoms with E-state index in [0.29, 0.717) is 0 Å². The first-order chi connectivity index (χ1) is 14.0. The molecule has 2 rings (SSSR count). The number of aliphatic hydroxyl groups excluding tert-OH is 2. The molecule has 0 aromatic carbocycles. The molecule has 0 bridgehead atoms. The van der Waals surface area contributed by atoms with Crippen LogP contribution in [0.4, 0.5) is 5.82 Å². The minimum atomic E-state index is -5.55. The van der Waals surface area contributed by atoms with Gasteiger partial charge in [-0.25, -0.2) is 9.11 Å². The van der Waals surface area contributed by atoms with E-state index >= 15 is 0 Å². The molecule has 15 nitrogen and oxygen atoms in total. The standard InChI is InChI=1S/C9H15N3O10P2.C5H14NO.Na/c10-7-1-2-12(9(14)11-7)8-3-5(13)6(21-8)4-20-24(18,19)22-23(15,16)17;1-6(2,3)4-5-7;/h1-2,5-6,8,13H,3-4H2,(H,18,19)(H2,10,11,14)(H2,15,16,17);7H,4-5H2,1-3H3;/q;2*+1/p-2/t5-,6+,8+;;/m0../s1. The third-order valence-electron chi connectivity index (χ3n) is 3.74. The number of anilines is 1. The zero-order chi connectivity index (χ0) is 24.0. The number of quaternary nitrogens is 1. The maximum absolute atomic E-state index is 11.7. The molecule has 0 spiro atoms. The van der Waals surface area contributed by atoms with Gasteiger partial charge >= 0.3 is 35.2 Å². The summed E-state index contributed by atoms with van der Waals surface area (Å²) in [5.74, 6) is -0.00910. The van der Waals surface area contributed by atoms with Gasteiger partial charge in [0.05, 0.1) is 40.5 Å². The zero-order valence-electron chi connectivity index (χ0n) is 18.1. The SMILES string of the molecule is C[N+](C)(C)CCO.Nc1ccn([C@H]2C[C@H](O)[C@@H](COP(=O)([O-])OP(=O)([O-])O)O2)c(=O)n1.[Na+]. The molecule has 1 aliphatic heterocycles. The Labute approximate surface area is 206 Å². The summed E-state index contributed by atoms with van der Waals surface area (Å²) < 4.78 is 36.3. The predicted molar refractivity (Wildman–Crippen MR) is 102 cm³/mol. The van der Waals surface area contributed by atoms with Gasteiger partial charge in [-0.1, -0.05) is 0 Å². The molecular formula is C14H27N4NaO11P2. The summed E-state index contributed by atoms with van der Waals surface area (Å²) >= 11 is 0. The van der Waals surface area contributed by atoms with E-state index in [0.717, 1.165) is 15.6 Å². The topological polar surface area (TPSA) is 230 Å². The van der Waals surface area contributed by atoms with E-state index in [9.17, 15) is 28.8 Å². The van der Waals surface area contributed by atoms with Gasteiger partial charge in [-0.05, 0) is 6.07 Å². The van der Waals surface area contributed by atoms with Crippen molar-refractivity contribution in [2.45, 2.75) is 24.9 Å². The largest absolute Gasteiger partial charge is 1.00 e. The molecule has 0 aliphatic carbocycles. The molecule has 1 aromatic heterocycles. The van der Waals surface area contributed by atoms with Crippen LogP contribution in [-0.2, 0) is 22.7 Å². The van der Waals surface area contributed by atoms with Crippen molar-refractivity contribution in [1.29, 1.82) is 0 Å². The van der Waals surface area contributed by atoms with E-state index in [4.69, 9.17) is 20.5 Å². The molecule has 180 valence electrons. The second-order valence-corrected chi connectivity index (χ2v) is 10.2. The van der Waals surface area contributed by atoms with Crippen LogP contribution in [0.5, 0.6) is 0 Å². The van der Waals surface area contributed by atoms with Gasteiger partial charge in [-0.2, -0.15) is 4.98 Å². The van der Waals surface area contributed by atoms with Gasteiger partial charge in [0.25, 0.3) is 15.6 Å². The van der Waals surface area contributed by atoms with Gasteiger partial charge in [0.15, 0.2) is 0 Å². The monoisotopic (exact) mass is 512 g/mol. The second kappa shape index (κ2) is 13.0. The van der Waals surface area contributed by atoms with Crippen LogP contribution >= 0.6 is 15.6 Å². The van der Waals surface area contributed by atoms with Crippen molar-refractivity contribution in [3.63, 3.8) is 0 Å². The maximum atomic E-state index is 11.7. The van der Waals surface area contributed by atoms with Crippen molar-refractivity contribution in [3.05, 3.63) is 22.7 Å². The molecule has 0 amide bonds. The number of nitrogens with two attached hydrogens (primary N) is 1. The Morgan fingerprint density at radius 1 is 1.38 bits per heavy atom. The molecule has 32 heavy (non-hydrogen) atoms. The molecular weight excluding hydrogens is 485 g/mol. The van der Waals surface area contributed by atoms with Gasteiger partial charge in [0.1, 0.15) is 24.7 Å². The number of phosphoric acid groups is 2. The summed E-state index contributed by atoms with van der Waals surface area (Å²) in [6.45, 7) is 0.319. The van der Waals surface area contributed by atoms with Crippen LogP contribution in [0.3, 0.4) is 0 Å². The Morgan fingerprint density at radius 2 is 1.97 bits per heavy atom. The van der Waals surface area contributed by atoms with Gasteiger partial charge < -0.3 is 44.4 Å². The zero-order valence-corrected chi connectivity index (χ0v) is 21.9.